The molecule has 0 saturated heterocycles. The monoisotopic (exact) mass is 385 g/mol. The number of hydrogen-bond acceptors (Lipinski definition) is 4. The molecule has 0 fully saturated rings. The van der Waals surface area contributed by atoms with E-state index in [9.17, 15) is 9.59 Å². The van der Waals surface area contributed by atoms with Crippen LogP contribution in [-0.2, 0) is 9.53 Å². The Bertz CT molecular complexity index is 967. The third-order valence-electron chi connectivity index (χ3n) is 5.34. The number of halogens is 1. The minimum Gasteiger partial charge on any atom is -0.501 e. The standard InChI is InChI=1S/C20H20ClN3O3/c1-20(22-14(25)10-21)9-3-4-13-16(20)19(26)15-17(23-24-18(13)15)11-5-7-12(27-2)8-6-11/h3-5,7H,6,8-10H2,1-2H3,(H,22,25)(H,23,24). The van der Waals surface area contributed by atoms with Crippen LogP contribution in [0.5, 0.6) is 0 Å². The second-order valence-electron chi connectivity index (χ2n) is 7.09. The van der Waals surface area contributed by atoms with Crippen molar-refractivity contribution in [2.24, 2.45) is 0 Å². The maximum Gasteiger partial charge on any atom is 0.235 e. The van der Waals surface area contributed by atoms with E-state index in [4.69, 9.17) is 16.3 Å². The Kier molecular flexibility index (Phi) is 4.30. The van der Waals surface area contributed by atoms with Gasteiger partial charge >= 0.3 is 0 Å². The van der Waals surface area contributed by atoms with Crippen molar-refractivity contribution in [1.82, 2.24) is 15.5 Å². The van der Waals surface area contributed by atoms with Crippen LogP contribution >= 0.6 is 11.6 Å². The molecule has 0 bridgehead atoms. The molecule has 1 aromatic rings. The van der Waals surface area contributed by atoms with Crippen LogP contribution in [0, 0.1) is 0 Å². The van der Waals surface area contributed by atoms with E-state index in [1.165, 1.54) is 0 Å². The molecule has 140 valence electrons. The van der Waals surface area contributed by atoms with Crippen LogP contribution < -0.4 is 5.32 Å². The molecule has 0 saturated carbocycles. The van der Waals surface area contributed by atoms with Gasteiger partial charge in [-0.1, -0.05) is 18.2 Å². The van der Waals surface area contributed by atoms with E-state index < -0.39 is 5.54 Å². The van der Waals surface area contributed by atoms with Crippen LogP contribution in [0.25, 0.3) is 11.1 Å². The summed E-state index contributed by atoms with van der Waals surface area (Å²) in [6.07, 6.45) is 9.82. The molecule has 0 aliphatic heterocycles. The molecule has 1 aromatic heterocycles. The Balaban J connectivity index is 1.75. The summed E-state index contributed by atoms with van der Waals surface area (Å²) >= 11 is 5.66. The van der Waals surface area contributed by atoms with E-state index in [0.29, 0.717) is 23.3 Å². The fraction of sp³-hybridized carbons (Fsp3) is 0.350. The predicted octanol–water partition coefficient (Wildman–Crippen LogP) is 3.14. The van der Waals surface area contributed by atoms with Crippen LogP contribution in [0.1, 0.15) is 47.9 Å². The van der Waals surface area contributed by atoms with Crippen molar-refractivity contribution in [3.05, 3.63) is 52.6 Å². The summed E-state index contributed by atoms with van der Waals surface area (Å²) in [5.74, 6) is 0.382. The van der Waals surface area contributed by atoms with Gasteiger partial charge in [0.05, 0.1) is 35.4 Å². The Morgan fingerprint density at radius 2 is 2.22 bits per heavy atom. The quantitative estimate of drug-likeness (QED) is 0.780. The maximum absolute atomic E-state index is 13.4. The summed E-state index contributed by atoms with van der Waals surface area (Å²) in [6.45, 7) is 1.86. The van der Waals surface area contributed by atoms with Crippen LogP contribution in [-0.4, -0.2) is 40.4 Å². The highest BCUT2D eigenvalue weighted by molar-refractivity contribution is 6.28. The average molecular weight is 386 g/mol. The molecule has 0 aromatic carbocycles. The van der Waals surface area contributed by atoms with Gasteiger partial charge in [0.1, 0.15) is 5.88 Å². The van der Waals surface area contributed by atoms with Gasteiger partial charge in [-0.25, -0.2) is 0 Å². The molecule has 1 amide bonds. The highest BCUT2D eigenvalue weighted by Gasteiger charge is 2.45. The van der Waals surface area contributed by atoms with Crippen molar-refractivity contribution < 1.29 is 14.3 Å². The van der Waals surface area contributed by atoms with E-state index in [1.54, 1.807) is 7.11 Å². The molecule has 1 unspecified atom stereocenters. The lowest BCUT2D eigenvalue weighted by molar-refractivity contribution is -0.119. The number of alkyl halides is 1. The lowest BCUT2D eigenvalue weighted by Crippen LogP contribution is -2.50. The first kappa shape index (κ1) is 17.8. The lowest BCUT2D eigenvalue weighted by Gasteiger charge is -2.33. The van der Waals surface area contributed by atoms with Gasteiger partial charge in [0, 0.05) is 17.6 Å². The minimum absolute atomic E-state index is 0.0899. The number of allylic oxidation sites excluding steroid dienone is 6. The summed E-state index contributed by atoms with van der Waals surface area (Å²) in [4.78, 5) is 25.3. The highest BCUT2D eigenvalue weighted by Crippen LogP contribution is 2.45. The van der Waals surface area contributed by atoms with Crippen molar-refractivity contribution in [2.45, 2.75) is 31.7 Å². The zero-order chi connectivity index (χ0) is 19.2. The SMILES string of the molecule is COC1=CC=C(c2n[nH]c3c2C(=O)C2=C3C=CCC2(C)NC(=O)CCl)CC1. The molecular weight excluding hydrogens is 366 g/mol. The summed E-state index contributed by atoms with van der Waals surface area (Å²) in [5, 5.41) is 10.4. The molecule has 27 heavy (non-hydrogen) atoms. The average Bonchev–Trinajstić information content (AvgIpc) is 3.22. The van der Waals surface area contributed by atoms with E-state index in [1.807, 2.05) is 31.2 Å². The predicted molar refractivity (Wildman–Crippen MR) is 103 cm³/mol. The number of carbonyl (C=O) groups is 2. The topological polar surface area (TPSA) is 84.1 Å². The number of methoxy groups -OCH3 is 1. The zero-order valence-corrected chi connectivity index (χ0v) is 15.9. The van der Waals surface area contributed by atoms with E-state index in [0.717, 1.165) is 35.4 Å². The van der Waals surface area contributed by atoms with Crippen molar-refractivity contribution >= 4 is 34.4 Å². The lowest BCUT2D eigenvalue weighted by atomic mass is 9.81. The number of nitrogens with zero attached hydrogens (tertiary/aromatic N) is 1. The summed E-state index contributed by atoms with van der Waals surface area (Å²) in [6, 6.07) is 0. The number of aromatic nitrogens is 2. The fourth-order valence-corrected chi connectivity index (χ4v) is 4.10. The number of aromatic amines is 1. The van der Waals surface area contributed by atoms with Gasteiger partial charge in [-0.3, -0.25) is 14.7 Å². The Morgan fingerprint density at radius 1 is 1.41 bits per heavy atom. The normalized spacial score (nSPS) is 23.6. The molecule has 3 aliphatic carbocycles. The van der Waals surface area contributed by atoms with Gasteiger partial charge in [0.15, 0.2) is 5.78 Å². The summed E-state index contributed by atoms with van der Waals surface area (Å²) in [5.41, 5.74) is 3.58. The van der Waals surface area contributed by atoms with Crippen LogP contribution in [0.2, 0.25) is 0 Å². The molecule has 7 heteroatoms. The largest absolute Gasteiger partial charge is 0.501 e. The smallest absolute Gasteiger partial charge is 0.235 e. The Morgan fingerprint density at radius 3 is 2.89 bits per heavy atom. The fourth-order valence-electron chi connectivity index (χ4n) is 4.03. The Hall–Kier alpha value is -2.60. The van der Waals surface area contributed by atoms with Crippen molar-refractivity contribution in [3.63, 3.8) is 0 Å². The van der Waals surface area contributed by atoms with Gasteiger partial charge < -0.3 is 10.1 Å². The van der Waals surface area contributed by atoms with Crippen LogP contribution in [0.3, 0.4) is 0 Å². The van der Waals surface area contributed by atoms with Crippen LogP contribution in [0.15, 0.2) is 35.6 Å². The number of fused-ring (bicyclic) bond motifs is 2. The number of hydrogen-bond donors (Lipinski definition) is 2. The first-order valence-corrected chi connectivity index (χ1v) is 9.37. The number of H-pyrrole nitrogens is 1. The van der Waals surface area contributed by atoms with E-state index in [2.05, 4.69) is 15.5 Å². The van der Waals surface area contributed by atoms with Crippen molar-refractivity contribution in [1.29, 1.82) is 0 Å². The van der Waals surface area contributed by atoms with Crippen LogP contribution in [0.4, 0.5) is 0 Å². The van der Waals surface area contributed by atoms with Crippen molar-refractivity contribution in [2.75, 3.05) is 13.0 Å². The van der Waals surface area contributed by atoms with E-state index >= 15 is 0 Å². The molecule has 3 aliphatic rings. The van der Waals surface area contributed by atoms with E-state index in [-0.39, 0.29) is 17.6 Å². The second-order valence-corrected chi connectivity index (χ2v) is 7.36. The first-order chi connectivity index (χ1) is 13.0. The summed E-state index contributed by atoms with van der Waals surface area (Å²) in [7, 11) is 1.65. The molecule has 1 heterocycles. The van der Waals surface area contributed by atoms with Gasteiger partial charge in [0.2, 0.25) is 5.91 Å². The third-order valence-corrected chi connectivity index (χ3v) is 5.58. The Labute approximate surface area is 162 Å². The number of ketones is 1. The molecule has 6 nitrogen and oxygen atoms in total. The molecule has 0 spiro atoms. The maximum atomic E-state index is 13.4. The van der Waals surface area contributed by atoms with Gasteiger partial charge in [-0.05, 0) is 31.4 Å². The first-order valence-electron chi connectivity index (χ1n) is 8.84. The summed E-state index contributed by atoms with van der Waals surface area (Å²) < 4.78 is 5.28. The minimum atomic E-state index is -0.783. The number of rotatable bonds is 4. The number of nitrogens with one attached hydrogen (secondary N) is 2. The molecule has 4 rings (SSSR count). The number of ether oxygens (including phenoxy) is 1. The zero-order valence-electron chi connectivity index (χ0n) is 15.2. The van der Waals surface area contributed by atoms with Gasteiger partial charge in [0.25, 0.3) is 0 Å². The molecule has 0 radical (unpaired) electrons. The number of amides is 1. The number of Topliss-reactive ketones (excluding diaryl/α,β-unsaturated/α-hetero) is 1. The molecule has 1 atom stereocenters. The highest BCUT2D eigenvalue weighted by atomic mass is 35.5. The van der Waals surface area contributed by atoms with Crippen molar-refractivity contribution in [3.8, 4) is 0 Å². The van der Waals surface area contributed by atoms with Gasteiger partial charge in [-0.2, -0.15) is 5.10 Å². The second kappa shape index (κ2) is 6.53. The molecule has 2 N–H and O–H groups in total. The molecular formula is C20H20ClN3O3. The third kappa shape index (κ3) is 2.75. The van der Waals surface area contributed by atoms with Gasteiger partial charge in [-0.15, -0.1) is 11.6 Å². The number of carbonyl (C=O) groups excluding carboxylic acids is 2.